The van der Waals surface area contributed by atoms with Crippen LogP contribution in [0.3, 0.4) is 0 Å². The van der Waals surface area contributed by atoms with E-state index in [0.717, 1.165) is 6.07 Å². The van der Waals surface area contributed by atoms with Crippen molar-refractivity contribution in [1.29, 1.82) is 0 Å². The zero-order chi connectivity index (χ0) is 20.5. The summed E-state index contributed by atoms with van der Waals surface area (Å²) in [5, 5.41) is 14.2. The van der Waals surface area contributed by atoms with E-state index in [1.807, 2.05) is 0 Å². The molecule has 148 valence electrons. The van der Waals surface area contributed by atoms with Crippen LogP contribution < -0.4 is 15.4 Å². The Kier molecular flexibility index (Phi) is 7.91. The van der Waals surface area contributed by atoms with E-state index in [2.05, 4.69) is 22.2 Å². The van der Waals surface area contributed by atoms with Crippen LogP contribution in [-0.4, -0.2) is 35.1 Å². The zero-order valence-electron chi connectivity index (χ0n) is 14.9. The summed E-state index contributed by atoms with van der Waals surface area (Å²) < 4.78 is 18.5. The van der Waals surface area contributed by atoms with Gasteiger partial charge in [0.15, 0.2) is 6.61 Å². The molecule has 0 unspecified atom stereocenters. The maximum Gasteiger partial charge on any atom is 0.262 e. The fourth-order valence-corrected chi connectivity index (χ4v) is 2.26. The number of ether oxygens (including phenoxy) is 1. The number of hydrogen-bond acceptors (Lipinski definition) is 5. The number of carbonyl (C=O) groups excluding carboxylic acids is 2. The molecule has 0 aliphatic carbocycles. The van der Waals surface area contributed by atoms with Crippen molar-refractivity contribution >= 4 is 23.4 Å². The lowest BCUT2D eigenvalue weighted by Gasteiger charge is -2.11. The van der Waals surface area contributed by atoms with Crippen LogP contribution in [-0.2, 0) is 11.4 Å². The molecule has 0 bridgehead atoms. The second-order valence-electron chi connectivity index (χ2n) is 5.72. The molecule has 0 saturated carbocycles. The highest BCUT2D eigenvalue weighted by atomic mass is 35.5. The van der Waals surface area contributed by atoms with Gasteiger partial charge < -0.3 is 20.5 Å². The Hall–Kier alpha value is -2.97. The number of halogens is 2. The van der Waals surface area contributed by atoms with Crippen molar-refractivity contribution < 1.29 is 23.8 Å². The molecule has 0 spiro atoms. The van der Waals surface area contributed by atoms with Crippen molar-refractivity contribution in [1.82, 2.24) is 15.6 Å². The van der Waals surface area contributed by atoms with Gasteiger partial charge in [0, 0.05) is 36.5 Å². The molecule has 1 aromatic carbocycles. The SMILES string of the molecule is C=C(CCNC(=O)c1ccnc(CO)c1)NC(=O)COc1ccc(Cl)c(F)c1. The Bertz CT molecular complexity index is 876. The number of carbonyl (C=O) groups is 2. The minimum atomic E-state index is -0.639. The van der Waals surface area contributed by atoms with Gasteiger partial charge in [-0.1, -0.05) is 18.2 Å². The number of rotatable bonds is 9. The van der Waals surface area contributed by atoms with E-state index in [1.165, 1.54) is 30.5 Å². The van der Waals surface area contributed by atoms with Crippen LogP contribution in [0, 0.1) is 5.82 Å². The van der Waals surface area contributed by atoms with Crippen LogP contribution in [0.5, 0.6) is 5.75 Å². The Morgan fingerprint density at radius 3 is 2.79 bits per heavy atom. The van der Waals surface area contributed by atoms with E-state index in [1.54, 1.807) is 0 Å². The van der Waals surface area contributed by atoms with Crippen LogP contribution in [0.1, 0.15) is 22.5 Å². The molecule has 0 aliphatic rings. The van der Waals surface area contributed by atoms with Gasteiger partial charge in [-0.2, -0.15) is 0 Å². The molecule has 1 aromatic heterocycles. The van der Waals surface area contributed by atoms with Gasteiger partial charge in [0.2, 0.25) is 0 Å². The Balaban J connectivity index is 1.70. The van der Waals surface area contributed by atoms with Crippen molar-refractivity contribution in [3.63, 3.8) is 0 Å². The number of aliphatic hydroxyl groups excluding tert-OH is 1. The van der Waals surface area contributed by atoms with Gasteiger partial charge >= 0.3 is 0 Å². The van der Waals surface area contributed by atoms with Crippen LogP contribution >= 0.6 is 11.6 Å². The number of hydrogen-bond donors (Lipinski definition) is 3. The van der Waals surface area contributed by atoms with Gasteiger partial charge in [-0.25, -0.2) is 4.39 Å². The number of aromatic nitrogens is 1. The van der Waals surface area contributed by atoms with Crippen molar-refractivity contribution in [2.45, 2.75) is 13.0 Å². The lowest BCUT2D eigenvalue weighted by molar-refractivity contribution is -0.122. The fourth-order valence-electron chi connectivity index (χ4n) is 2.15. The predicted molar refractivity (Wildman–Crippen MR) is 101 cm³/mol. The second kappa shape index (κ2) is 10.4. The van der Waals surface area contributed by atoms with E-state index in [4.69, 9.17) is 21.4 Å². The maximum atomic E-state index is 13.3. The molecule has 28 heavy (non-hydrogen) atoms. The molecule has 2 aromatic rings. The number of nitrogens with one attached hydrogen (secondary N) is 2. The molecular weight excluding hydrogens is 389 g/mol. The molecule has 1 heterocycles. The molecule has 9 heteroatoms. The van der Waals surface area contributed by atoms with E-state index in [-0.39, 0.29) is 36.4 Å². The van der Waals surface area contributed by atoms with Gasteiger partial charge in [0.25, 0.3) is 11.8 Å². The third-order valence-corrected chi connectivity index (χ3v) is 3.84. The molecule has 2 rings (SSSR count). The van der Waals surface area contributed by atoms with Crippen LogP contribution in [0.25, 0.3) is 0 Å². The van der Waals surface area contributed by atoms with Crippen molar-refractivity contribution in [2.24, 2.45) is 0 Å². The number of amides is 2. The Morgan fingerprint density at radius 1 is 1.29 bits per heavy atom. The molecule has 0 radical (unpaired) electrons. The normalized spacial score (nSPS) is 10.2. The summed E-state index contributed by atoms with van der Waals surface area (Å²) >= 11 is 5.57. The predicted octanol–water partition coefficient (Wildman–Crippen LogP) is 2.20. The number of nitrogens with zero attached hydrogens (tertiary/aromatic N) is 1. The lowest BCUT2D eigenvalue weighted by Crippen LogP contribution is -2.31. The van der Waals surface area contributed by atoms with Crippen LogP contribution in [0.2, 0.25) is 5.02 Å². The maximum absolute atomic E-state index is 13.3. The van der Waals surface area contributed by atoms with E-state index in [9.17, 15) is 14.0 Å². The molecule has 0 aliphatic heterocycles. The Labute approximate surface area is 166 Å². The number of benzene rings is 1. The van der Waals surface area contributed by atoms with Gasteiger partial charge in [0.1, 0.15) is 11.6 Å². The molecular formula is C19H19ClFN3O4. The second-order valence-corrected chi connectivity index (χ2v) is 6.12. The fraction of sp³-hybridized carbons (Fsp3) is 0.211. The summed E-state index contributed by atoms with van der Waals surface area (Å²) in [6.45, 7) is 3.38. The average Bonchev–Trinajstić information content (AvgIpc) is 2.68. The molecule has 3 N–H and O–H groups in total. The van der Waals surface area contributed by atoms with E-state index < -0.39 is 11.7 Å². The summed E-state index contributed by atoms with van der Waals surface area (Å²) in [4.78, 5) is 27.8. The largest absolute Gasteiger partial charge is 0.484 e. The summed E-state index contributed by atoms with van der Waals surface area (Å²) in [5.41, 5.74) is 1.16. The van der Waals surface area contributed by atoms with E-state index >= 15 is 0 Å². The quantitative estimate of drug-likeness (QED) is 0.591. The molecule has 0 atom stereocenters. The first kappa shape index (κ1) is 21.3. The number of pyridine rings is 1. The van der Waals surface area contributed by atoms with Gasteiger partial charge in [-0.3, -0.25) is 14.6 Å². The summed E-state index contributed by atoms with van der Waals surface area (Å²) in [6.07, 6.45) is 1.75. The third kappa shape index (κ3) is 6.64. The van der Waals surface area contributed by atoms with Gasteiger partial charge in [0.05, 0.1) is 17.3 Å². The molecule has 0 saturated heterocycles. The first-order valence-electron chi connectivity index (χ1n) is 8.28. The van der Waals surface area contributed by atoms with Gasteiger partial charge in [-0.15, -0.1) is 0 Å². The standard InChI is InChI=1S/C19H19ClFN3O4/c1-12(4-6-23-19(27)13-5-7-22-14(8-13)10-25)24-18(26)11-28-15-2-3-16(20)17(21)9-15/h2-3,5,7-9,25H,1,4,6,10-11H2,(H,23,27)(H,24,26). The highest BCUT2D eigenvalue weighted by molar-refractivity contribution is 6.30. The zero-order valence-corrected chi connectivity index (χ0v) is 15.6. The lowest BCUT2D eigenvalue weighted by atomic mass is 10.2. The molecule has 7 nitrogen and oxygen atoms in total. The first-order chi connectivity index (χ1) is 13.4. The first-order valence-corrected chi connectivity index (χ1v) is 8.66. The Morgan fingerprint density at radius 2 is 2.07 bits per heavy atom. The highest BCUT2D eigenvalue weighted by Crippen LogP contribution is 2.20. The molecule has 0 fully saturated rings. The number of aliphatic hydroxyl groups is 1. The van der Waals surface area contributed by atoms with Crippen molar-refractivity contribution in [3.05, 3.63) is 70.9 Å². The van der Waals surface area contributed by atoms with Crippen molar-refractivity contribution in [3.8, 4) is 5.75 Å². The summed E-state index contributed by atoms with van der Waals surface area (Å²) in [7, 11) is 0. The third-order valence-electron chi connectivity index (χ3n) is 3.53. The van der Waals surface area contributed by atoms with Crippen LogP contribution in [0.4, 0.5) is 4.39 Å². The summed E-state index contributed by atoms with van der Waals surface area (Å²) in [6, 6.07) is 6.88. The van der Waals surface area contributed by atoms with Gasteiger partial charge in [-0.05, 0) is 24.3 Å². The van der Waals surface area contributed by atoms with Crippen molar-refractivity contribution in [2.75, 3.05) is 13.2 Å². The topological polar surface area (TPSA) is 101 Å². The minimum absolute atomic E-state index is 0.0356. The highest BCUT2D eigenvalue weighted by Gasteiger charge is 2.09. The van der Waals surface area contributed by atoms with E-state index in [0.29, 0.717) is 23.4 Å². The monoisotopic (exact) mass is 407 g/mol. The summed E-state index contributed by atoms with van der Waals surface area (Å²) in [5.74, 6) is -1.26. The molecule has 2 amide bonds. The minimum Gasteiger partial charge on any atom is -0.484 e. The van der Waals surface area contributed by atoms with Crippen LogP contribution in [0.15, 0.2) is 48.8 Å². The average molecular weight is 408 g/mol. The smallest absolute Gasteiger partial charge is 0.262 e.